The van der Waals surface area contributed by atoms with Crippen molar-refractivity contribution in [3.8, 4) is 0 Å². The first-order valence-corrected chi connectivity index (χ1v) is 17.1. The fourth-order valence-electron chi connectivity index (χ4n) is 3.75. The third-order valence-electron chi connectivity index (χ3n) is 6.01. The van der Waals surface area contributed by atoms with Crippen LogP contribution in [-0.2, 0) is 27.9 Å². The monoisotopic (exact) mass is 599 g/mol. The maximum atomic E-state index is 12.2. The second-order valence-electron chi connectivity index (χ2n) is 9.94. The molecule has 9 heteroatoms. The molecule has 0 aromatic carbocycles. The Bertz CT molecular complexity index is 767. The third kappa shape index (κ3) is 29.7. The predicted molar refractivity (Wildman–Crippen MR) is 169 cm³/mol. The van der Waals surface area contributed by atoms with Gasteiger partial charge in [0.25, 0.3) is 0 Å². The number of carbonyl (C=O) groups excluding carboxylic acids is 1. The lowest BCUT2D eigenvalue weighted by Crippen LogP contribution is -2.28. The molecule has 0 aliphatic heterocycles. The van der Waals surface area contributed by atoms with E-state index in [0.717, 1.165) is 77.0 Å². The van der Waals surface area contributed by atoms with E-state index in [2.05, 4.69) is 62.5 Å². The van der Waals surface area contributed by atoms with Crippen molar-refractivity contribution in [3.05, 3.63) is 48.6 Å². The predicted octanol–water partition coefficient (Wildman–Crippen LogP) is 8.12. The maximum Gasteiger partial charge on any atom is 0.472 e. The summed E-state index contributed by atoms with van der Waals surface area (Å²) >= 11 is 0. The van der Waals surface area contributed by atoms with E-state index in [0.29, 0.717) is 13.0 Å². The van der Waals surface area contributed by atoms with Gasteiger partial charge in [-0.25, -0.2) is 4.57 Å². The second kappa shape index (κ2) is 29.9. The number of allylic oxidation sites excluding steroid dienone is 8. The van der Waals surface area contributed by atoms with E-state index in [1.165, 1.54) is 12.8 Å². The molecule has 0 rings (SSSR count). The van der Waals surface area contributed by atoms with E-state index in [9.17, 15) is 14.3 Å². The summed E-state index contributed by atoms with van der Waals surface area (Å²) < 4.78 is 32.8. The average molecular weight is 600 g/mol. The molecule has 3 N–H and O–H groups in total. The number of ether oxygens (including phenoxy) is 2. The number of esters is 1. The molecule has 0 bridgehead atoms. The minimum absolute atomic E-state index is 0.0949. The lowest BCUT2D eigenvalue weighted by Gasteiger charge is -2.20. The Morgan fingerprint density at radius 2 is 1.37 bits per heavy atom. The Labute approximate surface area is 250 Å². The zero-order valence-electron chi connectivity index (χ0n) is 25.8. The molecule has 8 nitrogen and oxygen atoms in total. The van der Waals surface area contributed by atoms with Crippen molar-refractivity contribution >= 4 is 13.8 Å². The van der Waals surface area contributed by atoms with Crippen LogP contribution < -0.4 is 5.73 Å². The number of carbonyl (C=O) groups is 1. The summed E-state index contributed by atoms with van der Waals surface area (Å²) in [7, 11) is -4.26. The van der Waals surface area contributed by atoms with Crippen LogP contribution in [0.1, 0.15) is 110 Å². The lowest BCUT2D eigenvalue weighted by molar-refractivity contribution is -0.154. The first-order valence-electron chi connectivity index (χ1n) is 15.6. The summed E-state index contributed by atoms with van der Waals surface area (Å²) in [6.45, 7) is 4.60. The van der Waals surface area contributed by atoms with Gasteiger partial charge in [0.1, 0.15) is 6.10 Å². The van der Waals surface area contributed by atoms with Gasteiger partial charge in [-0.1, -0.05) is 101 Å². The van der Waals surface area contributed by atoms with Crippen LogP contribution in [0.2, 0.25) is 0 Å². The van der Waals surface area contributed by atoms with Gasteiger partial charge in [-0.2, -0.15) is 0 Å². The summed E-state index contributed by atoms with van der Waals surface area (Å²) in [4.78, 5) is 21.9. The standard InChI is InChI=1S/C32H58NO7P/c1-3-5-7-9-10-11-12-13-14-15-16-17-18-19-20-21-22-24-27-37-29-31(30-39-41(35,36)38-28-26-33)40-32(34)25-23-8-6-4-2/h5,7,10-11,13-14,16-17,31H,3-4,6,8-9,12,15,18-30,33H2,1-2H3,(H,35,36)/b7-5-,11-10-,14-13-,17-16-. The molecule has 2 atom stereocenters. The zero-order chi connectivity index (χ0) is 30.3. The van der Waals surface area contributed by atoms with Gasteiger partial charge in [0, 0.05) is 19.6 Å². The molecule has 0 saturated carbocycles. The highest BCUT2D eigenvalue weighted by atomic mass is 31.2. The number of hydrogen-bond donors (Lipinski definition) is 2. The van der Waals surface area contributed by atoms with E-state index in [-0.39, 0.29) is 32.3 Å². The van der Waals surface area contributed by atoms with Crippen LogP contribution in [0.25, 0.3) is 0 Å². The van der Waals surface area contributed by atoms with Crippen LogP contribution >= 0.6 is 7.82 Å². The third-order valence-corrected chi connectivity index (χ3v) is 6.99. The highest BCUT2D eigenvalue weighted by molar-refractivity contribution is 7.47. The number of phosphoric acid groups is 1. The smallest absolute Gasteiger partial charge is 0.457 e. The van der Waals surface area contributed by atoms with Crippen LogP contribution in [0.3, 0.4) is 0 Å². The minimum Gasteiger partial charge on any atom is -0.457 e. The van der Waals surface area contributed by atoms with Crippen LogP contribution in [0.15, 0.2) is 48.6 Å². The molecule has 0 aliphatic rings. The molecule has 0 aromatic rings. The quantitative estimate of drug-likeness (QED) is 0.0383. The van der Waals surface area contributed by atoms with Crippen LogP contribution in [0.4, 0.5) is 0 Å². The average Bonchev–Trinajstić information content (AvgIpc) is 2.96. The summed E-state index contributed by atoms with van der Waals surface area (Å²) in [5, 5.41) is 0. The Morgan fingerprint density at radius 1 is 0.756 bits per heavy atom. The number of nitrogens with two attached hydrogens (primary N) is 1. The van der Waals surface area contributed by atoms with Gasteiger partial charge in [-0.15, -0.1) is 0 Å². The molecule has 238 valence electrons. The van der Waals surface area contributed by atoms with Gasteiger partial charge in [0.2, 0.25) is 0 Å². The fourth-order valence-corrected chi connectivity index (χ4v) is 4.51. The zero-order valence-corrected chi connectivity index (χ0v) is 26.7. The van der Waals surface area contributed by atoms with Crippen LogP contribution in [0.5, 0.6) is 0 Å². The van der Waals surface area contributed by atoms with Gasteiger partial charge in [-0.05, 0) is 51.4 Å². The number of phosphoric ester groups is 1. The molecule has 0 aliphatic carbocycles. The molecule has 0 amide bonds. The number of unbranched alkanes of at least 4 members (excludes halogenated alkanes) is 8. The van der Waals surface area contributed by atoms with E-state index >= 15 is 0 Å². The molecular formula is C32H58NO7P. The molecule has 0 fully saturated rings. The van der Waals surface area contributed by atoms with Crippen molar-refractivity contribution < 1.29 is 32.8 Å². The van der Waals surface area contributed by atoms with Gasteiger partial charge in [0.05, 0.1) is 19.8 Å². The minimum atomic E-state index is -4.26. The van der Waals surface area contributed by atoms with E-state index in [1.807, 2.05) is 0 Å². The molecule has 0 saturated heterocycles. The Hall–Kier alpha value is -1.54. The van der Waals surface area contributed by atoms with E-state index in [4.69, 9.17) is 24.3 Å². The first kappa shape index (κ1) is 39.5. The highest BCUT2D eigenvalue weighted by Crippen LogP contribution is 2.43. The number of hydrogen-bond acceptors (Lipinski definition) is 7. The van der Waals surface area contributed by atoms with Gasteiger partial charge in [0.15, 0.2) is 0 Å². The van der Waals surface area contributed by atoms with Crippen molar-refractivity contribution in [3.63, 3.8) is 0 Å². The molecule has 0 radical (unpaired) electrons. The first-order chi connectivity index (χ1) is 19.9. The summed E-state index contributed by atoms with van der Waals surface area (Å²) in [6, 6.07) is 0. The van der Waals surface area contributed by atoms with Crippen molar-refractivity contribution in [2.45, 2.75) is 116 Å². The van der Waals surface area contributed by atoms with Crippen LogP contribution in [-0.4, -0.2) is 49.9 Å². The second-order valence-corrected chi connectivity index (χ2v) is 11.4. The Balaban J connectivity index is 4.02. The van der Waals surface area contributed by atoms with Crippen molar-refractivity contribution in [1.82, 2.24) is 0 Å². The normalized spacial score (nSPS) is 14.5. The SMILES string of the molecule is CC/C=C\C/C=C\C/C=C\C/C=C\CCCCCCCOCC(COP(=O)(O)OCCN)OC(=O)CCCCCC. The van der Waals surface area contributed by atoms with Crippen molar-refractivity contribution in [2.75, 3.05) is 33.0 Å². The molecule has 41 heavy (non-hydrogen) atoms. The maximum absolute atomic E-state index is 12.2. The highest BCUT2D eigenvalue weighted by Gasteiger charge is 2.25. The van der Waals surface area contributed by atoms with Gasteiger partial charge >= 0.3 is 13.8 Å². The summed E-state index contributed by atoms with van der Waals surface area (Å²) in [6.07, 6.45) is 31.8. The number of rotatable bonds is 29. The Kier molecular flexibility index (Phi) is 28.8. The van der Waals surface area contributed by atoms with Crippen molar-refractivity contribution in [2.24, 2.45) is 5.73 Å². The molecule has 0 spiro atoms. The van der Waals surface area contributed by atoms with Crippen molar-refractivity contribution in [1.29, 1.82) is 0 Å². The summed E-state index contributed by atoms with van der Waals surface area (Å²) in [5.41, 5.74) is 5.30. The lowest BCUT2D eigenvalue weighted by atomic mass is 10.1. The Morgan fingerprint density at radius 3 is 2.02 bits per heavy atom. The topological polar surface area (TPSA) is 117 Å². The van der Waals surface area contributed by atoms with E-state index in [1.54, 1.807) is 0 Å². The van der Waals surface area contributed by atoms with Gasteiger partial charge in [-0.3, -0.25) is 13.8 Å². The molecular weight excluding hydrogens is 541 g/mol. The summed E-state index contributed by atoms with van der Waals surface area (Å²) in [5.74, 6) is -0.359. The fraction of sp³-hybridized carbons (Fsp3) is 0.719. The van der Waals surface area contributed by atoms with Crippen LogP contribution in [0, 0.1) is 0 Å². The van der Waals surface area contributed by atoms with E-state index < -0.39 is 13.9 Å². The van der Waals surface area contributed by atoms with Gasteiger partial charge < -0.3 is 20.1 Å². The largest absolute Gasteiger partial charge is 0.472 e. The molecule has 0 aromatic heterocycles. The molecule has 0 heterocycles. The molecule has 2 unspecified atom stereocenters.